The molecule has 3 aromatic heterocycles. The van der Waals surface area contributed by atoms with E-state index in [1.165, 1.54) is 17.0 Å². The van der Waals surface area contributed by atoms with Gasteiger partial charge in [-0.15, -0.1) is 10.2 Å². The highest BCUT2D eigenvalue weighted by Gasteiger charge is 2.13. The molecule has 0 aliphatic rings. The fourth-order valence-corrected chi connectivity index (χ4v) is 2.57. The van der Waals surface area contributed by atoms with Crippen molar-refractivity contribution in [1.82, 2.24) is 14.8 Å². The van der Waals surface area contributed by atoms with Crippen molar-refractivity contribution in [3.8, 4) is 11.5 Å². The Kier molecular flexibility index (Phi) is 4.36. The molecule has 0 unspecified atom stereocenters. The monoisotopic (exact) mass is 362 g/mol. The molecule has 0 fully saturated rings. The Morgan fingerprint density at radius 1 is 1.11 bits per heavy atom. The zero-order valence-electron chi connectivity index (χ0n) is 14.0. The van der Waals surface area contributed by atoms with E-state index in [0.29, 0.717) is 22.9 Å². The van der Waals surface area contributed by atoms with Crippen LogP contribution in [0.1, 0.15) is 16.3 Å². The summed E-state index contributed by atoms with van der Waals surface area (Å²) >= 11 is 0. The maximum absolute atomic E-state index is 12.4. The smallest absolute Gasteiger partial charge is 0.291 e. The second-order valence-electron chi connectivity index (χ2n) is 5.71. The van der Waals surface area contributed by atoms with E-state index in [1.54, 1.807) is 54.7 Å². The molecule has 1 amide bonds. The van der Waals surface area contributed by atoms with Gasteiger partial charge in [-0.3, -0.25) is 9.59 Å². The molecule has 0 aliphatic heterocycles. The second kappa shape index (κ2) is 7.12. The van der Waals surface area contributed by atoms with Crippen molar-refractivity contribution in [2.45, 2.75) is 6.54 Å². The number of hydrogen-bond donors (Lipinski definition) is 1. The highest BCUT2D eigenvalue weighted by molar-refractivity contribution is 6.02. The highest BCUT2D eigenvalue weighted by Crippen LogP contribution is 2.21. The zero-order chi connectivity index (χ0) is 18.6. The van der Waals surface area contributed by atoms with Crippen molar-refractivity contribution in [2.75, 3.05) is 5.32 Å². The van der Waals surface area contributed by atoms with Gasteiger partial charge < -0.3 is 18.7 Å². The third kappa shape index (κ3) is 3.69. The van der Waals surface area contributed by atoms with Crippen molar-refractivity contribution in [1.29, 1.82) is 0 Å². The molecule has 4 aromatic rings. The lowest BCUT2D eigenvalue weighted by molar-refractivity contribution is 0.0994. The minimum Gasteiger partial charge on any atom is -0.454 e. The predicted molar refractivity (Wildman–Crippen MR) is 96.2 cm³/mol. The van der Waals surface area contributed by atoms with Gasteiger partial charge in [0, 0.05) is 23.5 Å². The summed E-state index contributed by atoms with van der Waals surface area (Å²) in [6.07, 6.45) is 2.90. The fourth-order valence-electron chi connectivity index (χ4n) is 2.57. The molecule has 27 heavy (non-hydrogen) atoms. The van der Waals surface area contributed by atoms with Gasteiger partial charge in [-0.25, -0.2) is 0 Å². The van der Waals surface area contributed by atoms with Crippen LogP contribution < -0.4 is 10.9 Å². The molecule has 4 rings (SSSR count). The Bertz CT molecular complexity index is 1130. The van der Waals surface area contributed by atoms with Crippen LogP contribution in [0.2, 0.25) is 0 Å². The number of carbonyl (C=O) groups excluding carboxylic acids is 1. The lowest BCUT2D eigenvalue weighted by atomic mass is 10.2. The molecule has 0 bridgehead atoms. The van der Waals surface area contributed by atoms with Crippen LogP contribution in [0.25, 0.3) is 11.5 Å². The Morgan fingerprint density at radius 2 is 2.04 bits per heavy atom. The molecule has 0 saturated carbocycles. The molecule has 1 N–H and O–H groups in total. The highest BCUT2D eigenvalue weighted by atomic mass is 16.4. The van der Waals surface area contributed by atoms with Gasteiger partial charge in [-0.1, -0.05) is 12.1 Å². The van der Waals surface area contributed by atoms with Crippen molar-refractivity contribution in [3.05, 3.63) is 89.1 Å². The maximum atomic E-state index is 12.4. The topological polar surface area (TPSA) is 103 Å². The number of rotatable bonds is 5. The average Bonchev–Trinajstić information content (AvgIpc) is 3.36. The van der Waals surface area contributed by atoms with E-state index in [9.17, 15) is 9.59 Å². The molecule has 134 valence electrons. The molecular formula is C19H14N4O4. The van der Waals surface area contributed by atoms with Crippen LogP contribution in [0.3, 0.4) is 0 Å². The predicted octanol–water partition coefficient (Wildman–Crippen LogP) is 2.79. The first-order chi connectivity index (χ1) is 13.2. The first-order valence-electron chi connectivity index (χ1n) is 8.11. The first-order valence-corrected chi connectivity index (χ1v) is 8.11. The molecule has 8 nitrogen and oxygen atoms in total. The number of nitrogens with zero attached hydrogens (tertiary/aromatic N) is 3. The van der Waals surface area contributed by atoms with Crippen LogP contribution in [0.15, 0.2) is 80.8 Å². The molecule has 0 saturated heterocycles. The third-order valence-electron chi connectivity index (χ3n) is 3.84. The standard InChI is InChI=1S/C19H14N4O4/c24-17-6-1-2-9-23(17)11-15-7-8-16(27-15)18(25)21-14-5-3-4-13(10-14)19-22-20-12-26-19/h1-10,12H,11H2,(H,21,25). The number of hydrogen-bond acceptors (Lipinski definition) is 6. The average molecular weight is 362 g/mol. The van der Waals surface area contributed by atoms with Crippen molar-refractivity contribution >= 4 is 11.6 Å². The van der Waals surface area contributed by atoms with Gasteiger partial charge in [-0.05, 0) is 36.4 Å². The van der Waals surface area contributed by atoms with E-state index in [4.69, 9.17) is 8.83 Å². The van der Waals surface area contributed by atoms with E-state index in [2.05, 4.69) is 15.5 Å². The summed E-state index contributed by atoms with van der Waals surface area (Å²) in [5.74, 6) is 0.620. The van der Waals surface area contributed by atoms with Gasteiger partial charge in [0.2, 0.25) is 12.3 Å². The number of furan rings is 1. The fraction of sp³-hybridized carbons (Fsp3) is 0.0526. The number of benzene rings is 1. The van der Waals surface area contributed by atoms with Gasteiger partial charge in [0.1, 0.15) is 5.76 Å². The summed E-state index contributed by atoms with van der Waals surface area (Å²) in [7, 11) is 0. The van der Waals surface area contributed by atoms with Crippen LogP contribution in [-0.4, -0.2) is 20.7 Å². The summed E-state index contributed by atoms with van der Waals surface area (Å²) in [4.78, 5) is 24.2. The minimum absolute atomic E-state index is 0.141. The lowest BCUT2D eigenvalue weighted by Gasteiger charge is -2.05. The van der Waals surface area contributed by atoms with Crippen molar-refractivity contribution < 1.29 is 13.6 Å². The minimum atomic E-state index is -0.399. The quantitative estimate of drug-likeness (QED) is 0.585. The molecule has 1 aromatic carbocycles. The summed E-state index contributed by atoms with van der Waals surface area (Å²) in [5, 5.41) is 10.2. The maximum Gasteiger partial charge on any atom is 0.291 e. The van der Waals surface area contributed by atoms with E-state index < -0.39 is 5.91 Å². The number of nitrogens with one attached hydrogen (secondary N) is 1. The van der Waals surface area contributed by atoms with E-state index in [1.807, 2.05) is 0 Å². The summed E-state index contributed by atoms with van der Waals surface area (Å²) < 4.78 is 12.2. The molecular weight excluding hydrogens is 348 g/mol. The number of amides is 1. The lowest BCUT2D eigenvalue weighted by Crippen LogP contribution is -2.18. The number of pyridine rings is 1. The first kappa shape index (κ1) is 16.5. The molecule has 8 heteroatoms. The van der Waals surface area contributed by atoms with Gasteiger partial charge in [0.15, 0.2) is 5.76 Å². The van der Waals surface area contributed by atoms with Crippen LogP contribution in [0.4, 0.5) is 5.69 Å². The number of aromatic nitrogens is 3. The van der Waals surface area contributed by atoms with Gasteiger partial charge in [0.05, 0.1) is 6.54 Å². The van der Waals surface area contributed by atoms with E-state index >= 15 is 0 Å². The van der Waals surface area contributed by atoms with Gasteiger partial charge >= 0.3 is 0 Å². The zero-order valence-corrected chi connectivity index (χ0v) is 14.0. The normalized spacial score (nSPS) is 10.7. The van der Waals surface area contributed by atoms with E-state index in [0.717, 1.165) is 0 Å². The van der Waals surface area contributed by atoms with Crippen LogP contribution >= 0.6 is 0 Å². The SMILES string of the molecule is O=C(Nc1cccc(-c2nnco2)c1)c1ccc(Cn2ccccc2=O)o1. The van der Waals surface area contributed by atoms with Crippen LogP contribution in [0.5, 0.6) is 0 Å². The Morgan fingerprint density at radius 3 is 2.85 bits per heavy atom. The van der Waals surface area contributed by atoms with E-state index in [-0.39, 0.29) is 17.9 Å². The van der Waals surface area contributed by atoms with Crippen LogP contribution in [-0.2, 0) is 6.54 Å². The number of carbonyl (C=O) groups is 1. The summed E-state index contributed by atoms with van der Waals surface area (Å²) in [6.45, 7) is 0.250. The summed E-state index contributed by atoms with van der Waals surface area (Å²) in [5.41, 5.74) is 1.11. The Balaban J connectivity index is 1.48. The molecule has 0 radical (unpaired) electrons. The molecule has 0 atom stereocenters. The number of anilines is 1. The largest absolute Gasteiger partial charge is 0.454 e. The Labute approximate surface area is 153 Å². The van der Waals surface area contributed by atoms with Crippen molar-refractivity contribution in [2.24, 2.45) is 0 Å². The van der Waals surface area contributed by atoms with Gasteiger partial charge in [0.25, 0.3) is 11.5 Å². The van der Waals surface area contributed by atoms with Crippen LogP contribution in [0, 0.1) is 0 Å². The second-order valence-corrected chi connectivity index (χ2v) is 5.71. The van der Waals surface area contributed by atoms with Gasteiger partial charge in [-0.2, -0.15) is 0 Å². The van der Waals surface area contributed by atoms with Crippen molar-refractivity contribution in [3.63, 3.8) is 0 Å². The Hall–Kier alpha value is -3.94. The molecule has 0 spiro atoms. The summed E-state index contributed by atoms with van der Waals surface area (Å²) in [6, 6.07) is 15.2. The third-order valence-corrected chi connectivity index (χ3v) is 3.84. The molecule has 0 aliphatic carbocycles. The molecule has 3 heterocycles.